The predicted octanol–water partition coefficient (Wildman–Crippen LogP) is 3.77. The number of aryl methyl sites for hydroxylation is 2. The number of carbonyl (C=O) groups is 2. The number of aldehydes is 1. The zero-order chi connectivity index (χ0) is 34.6. The van der Waals surface area contributed by atoms with Gasteiger partial charge in [0, 0.05) is 69.1 Å². The number of likely N-dealkylation sites (N-methyl/N-ethyl adjacent to an activating group) is 2. The molecule has 0 fully saturated rings. The van der Waals surface area contributed by atoms with Crippen LogP contribution in [0.4, 0.5) is 5.69 Å². The second-order valence-corrected chi connectivity index (χ2v) is 11.6. The Kier molecular flexibility index (Phi) is 13.1. The molecule has 1 amide bonds. The molecule has 0 saturated carbocycles. The number of aromatic nitrogens is 2. The fourth-order valence-electron chi connectivity index (χ4n) is 5.35. The van der Waals surface area contributed by atoms with E-state index in [9.17, 15) is 14.4 Å². The number of nitrogens with zero attached hydrogens (tertiary/aromatic N) is 4. The largest absolute Gasteiger partial charge is 0.496 e. The van der Waals surface area contributed by atoms with Crippen LogP contribution in [0.2, 0.25) is 0 Å². The van der Waals surface area contributed by atoms with E-state index in [1.165, 1.54) is 0 Å². The predicted molar refractivity (Wildman–Crippen MR) is 186 cm³/mol. The summed E-state index contributed by atoms with van der Waals surface area (Å²) >= 11 is 0. The lowest BCUT2D eigenvalue weighted by atomic mass is 9.99. The van der Waals surface area contributed by atoms with E-state index in [-0.39, 0.29) is 18.0 Å². The van der Waals surface area contributed by atoms with Gasteiger partial charge in [-0.15, -0.1) is 0 Å². The van der Waals surface area contributed by atoms with Crippen LogP contribution in [0.5, 0.6) is 11.5 Å². The van der Waals surface area contributed by atoms with Gasteiger partial charge in [-0.05, 0) is 66.9 Å². The summed E-state index contributed by atoms with van der Waals surface area (Å²) in [5, 5.41) is 4.59. The molecule has 0 atom stereocenters. The van der Waals surface area contributed by atoms with E-state index in [0.29, 0.717) is 68.5 Å². The Morgan fingerprint density at radius 1 is 0.979 bits per heavy atom. The van der Waals surface area contributed by atoms with Crippen molar-refractivity contribution in [2.45, 2.75) is 13.5 Å². The number of amides is 1. The highest BCUT2D eigenvalue weighted by atomic mass is 16.5. The lowest BCUT2D eigenvalue weighted by molar-refractivity contribution is -0.131. The topological polar surface area (TPSA) is 124 Å². The fourth-order valence-corrected chi connectivity index (χ4v) is 5.35. The van der Waals surface area contributed by atoms with E-state index in [2.05, 4.69) is 10.3 Å². The lowest BCUT2D eigenvalue weighted by Crippen LogP contribution is -2.38. The van der Waals surface area contributed by atoms with Crippen molar-refractivity contribution in [2.75, 3.05) is 79.7 Å². The Morgan fingerprint density at radius 2 is 1.69 bits per heavy atom. The minimum Gasteiger partial charge on any atom is -0.496 e. The smallest absolute Gasteiger partial charge is 0.259 e. The molecule has 12 nitrogen and oxygen atoms in total. The monoisotopic (exact) mass is 659 g/mol. The first-order chi connectivity index (χ1) is 23.2. The molecule has 0 radical (unpaired) electrons. The van der Waals surface area contributed by atoms with Crippen molar-refractivity contribution >= 4 is 28.7 Å². The van der Waals surface area contributed by atoms with Crippen molar-refractivity contribution in [3.05, 3.63) is 82.0 Å². The second-order valence-electron chi connectivity index (χ2n) is 11.6. The van der Waals surface area contributed by atoms with Crippen LogP contribution in [0.1, 0.15) is 21.5 Å². The molecule has 4 rings (SSSR count). The van der Waals surface area contributed by atoms with Gasteiger partial charge in [-0.1, -0.05) is 0 Å². The van der Waals surface area contributed by atoms with Gasteiger partial charge in [-0.25, -0.2) is 0 Å². The van der Waals surface area contributed by atoms with E-state index in [0.717, 1.165) is 39.6 Å². The molecule has 2 aromatic heterocycles. The molecule has 2 aromatic carbocycles. The molecule has 2 heterocycles. The summed E-state index contributed by atoms with van der Waals surface area (Å²) < 4.78 is 24.4. The third kappa shape index (κ3) is 9.18. The van der Waals surface area contributed by atoms with Crippen LogP contribution in [-0.4, -0.2) is 106 Å². The maximum atomic E-state index is 13.0. The highest BCUT2D eigenvalue weighted by Crippen LogP contribution is 2.37. The van der Waals surface area contributed by atoms with E-state index in [4.69, 9.17) is 18.9 Å². The third-order valence-electron chi connectivity index (χ3n) is 8.08. The first-order valence-electron chi connectivity index (χ1n) is 15.7. The second kappa shape index (κ2) is 17.4. The molecular weight excluding hydrogens is 614 g/mol. The fraction of sp³-hybridized carbons (Fsp3) is 0.389. The number of pyridine rings is 2. The normalized spacial score (nSPS) is 11.1. The van der Waals surface area contributed by atoms with Crippen LogP contribution in [0.25, 0.3) is 21.9 Å². The first kappa shape index (κ1) is 36.1. The molecule has 4 aromatic rings. The molecule has 0 aliphatic carbocycles. The van der Waals surface area contributed by atoms with Crippen LogP contribution < -0.4 is 20.3 Å². The molecule has 0 spiro atoms. The van der Waals surface area contributed by atoms with Crippen LogP contribution >= 0.6 is 0 Å². The number of benzene rings is 2. The van der Waals surface area contributed by atoms with Crippen molar-refractivity contribution in [1.29, 1.82) is 0 Å². The first-order valence-corrected chi connectivity index (χ1v) is 15.7. The standard InChI is InChI=1S/C36H45N5O7/c1-25-17-28(8-7-26(25)24-42)38-11-13-47-15-16-48-14-12-40(3)35(43)23-39(2)21-32-33(45-5)18-27(19-34(32)46-6)31-22-41(4)36(44)30-20-37-10-9-29(30)31/h7-10,17-20,22,24,38H,11-16,21,23H2,1-6H3. The minimum absolute atomic E-state index is 0.0420. The number of anilines is 1. The average Bonchev–Trinajstić information content (AvgIpc) is 3.09. The number of hydrogen-bond acceptors (Lipinski definition) is 10. The SMILES string of the molecule is COc1cc(-c2cn(C)c(=O)c3cnccc23)cc(OC)c1CN(C)CC(=O)N(C)CCOCCOCCNc1ccc(C=O)c(C)c1. The van der Waals surface area contributed by atoms with Gasteiger partial charge in [0.1, 0.15) is 17.8 Å². The van der Waals surface area contributed by atoms with Crippen LogP contribution in [-0.2, 0) is 27.9 Å². The number of hydrogen-bond donors (Lipinski definition) is 1. The molecule has 0 unspecified atom stereocenters. The third-order valence-corrected chi connectivity index (χ3v) is 8.08. The Morgan fingerprint density at radius 3 is 2.35 bits per heavy atom. The molecule has 0 aliphatic heterocycles. The van der Waals surface area contributed by atoms with Gasteiger partial charge in [0.2, 0.25) is 5.91 Å². The number of nitrogens with one attached hydrogen (secondary N) is 1. The van der Waals surface area contributed by atoms with Crippen molar-refractivity contribution in [1.82, 2.24) is 19.4 Å². The number of carbonyl (C=O) groups excluding carboxylic acids is 2. The molecule has 0 bridgehead atoms. The van der Waals surface area contributed by atoms with Gasteiger partial charge in [0.25, 0.3) is 5.56 Å². The summed E-state index contributed by atoms with van der Waals surface area (Å²) in [6.45, 7) is 5.39. The van der Waals surface area contributed by atoms with Crippen molar-refractivity contribution in [3.8, 4) is 22.6 Å². The van der Waals surface area contributed by atoms with E-state index in [1.807, 2.05) is 49.2 Å². The molecule has 256 valence electrons. The zero-order valence-electron chi connectivity index (χ0n) is 28.6. The van der Waals surface area contributed by atoms with Gasteiger partial charge in [0.05, 0.1) is 58.1 Å². The van der Waals surface area contributed by atoms with Crippen LogP contribution in [0, 0.1) is 6.92 Å². The molecule has 0 aliphatic rings. The number of ether oxygens (including phenoxy) is 4. The molecule has 12 heteroatoms. The summed E-state index contributed by atoms with van der Waals surface area (Å²) in [4.78, 5) is 44.3. The number of fused-ring (bicyclic) bond motifs is 1. The van der Waals surface area contributed by atoms with Gasteiger partial charge >= 0.3 is 0 Å². The number of methoxy groups -OCH3 is 2. The number of rotatable bonds is 18. The summed E-state index contributed by atoms with van der Waals surface area (Å²) in [7, 11) is 8.54. The quantitative estimate of drug-likeness (QED) is 0.125. The van der Waals surface area contributed by atoms with Crippen molar-refractivity contribution in [2.24, 2.45) is 7.05 Å². The highest BCUT2D eigenvalue weighted by Gasteiger charge is 2.19. The van der Waals surface area contributed by atoms with E-state index in [1.54, 1.807) is 62.4 Å². The van der Waals surface area contributed by atoms with Gasteiger partial charge in [-0.2, -0.15) is 0 Å². The van der Waals surface area contributed by atoms with Gasteiger partial charge in [0.15, 0.2) is 0 Å². The molecule has 0 saturated heterocycles. The molecular formula is C36H45N5O7. The van der Waals surface area contributed by atoms with Crippen LogP contribution in [0.15, 0.2) is 59.8 Å². The Labute approximate surface area is 281 Å². The summed E-state index contributed by atoms with van der Waals surface area (Å²) in [5.74, 6) is 1.19. The average molecular weight is 660 g/mol. The minimum atomic E-state index is -0.120. The van der Waals surface area contributed by atoms with Crippen molar-refractivity contribution < 1.29 is 28.5 Å². The Bertz CT molecular complexity index is 1750. The maximum absolute atomic E-state index is 13.0. The maximum Gasteiger partial charge on any atom is 0.259 e. The highest BCUT2D eigenvalue weighted by molar-refractivity contribution is 5.95. The zero-order valence-corrected chi connectivity index (χ0v) is 28.6. The van der Waals surface area contributed by atoms with Crippen molar-refractivity contribution in [3.63, 3.8) is 0 Å². The Hall–Kier alpha value is -4.78. The van der Waals surface area contributed by atoms with E-state index < -0.39 is 0 Å². The van der Waals surface area contributed by atoms with Gasteiger partial charge in [-0.3, -0.25) is 24.3 Å². The Balaban J connectivity index is 1.23. The van der Waals surface area contributed by atoms with Gasteiger partial charge < -0.3 is 33.7 Å². The van der Waals surface area contributed by atoms with E-state index >= 15 is 0 Å². The summed E-state index contributed by atoms with van der Waals surface area (Å²) in [6.07, 6.45) is 5.90. The summed E-state index contributed by atoms with van der Waals surface area (Å²) in [6, 6.07) is 11.3. The lowest BCUT2D eigenvalue weighted by Gasteiger charge is -2.24. The summed E-state index contributed by atoms with van der Waals surface area (Å²) in [5.41, 5.74) is 4.92. The van der Waals surface area contributed by atoms with Crippen LogP contribution in [0.3, 0.4) is 0 Å². The molecule has 1 N–H and O–H groups in total. The molecule has 48 heavy (non-hydrogen) atoms.